The van der Waals surface area contributed by atoms with Crippen molar-refractivity contribution in [3.8, 4) is 11.5 Å². The van der Waals surface area contributed by atoms with E-state index < -0.39 is 5.24 Å². The van der Waals surface area contributed by atoms with Gasteiger partial charge in [0.25, 0.3) is 0 Å². The fourth-order valence-corrected chi connectivity index (χ4v) is 1.47. The van der Waals surface area contributed by atoms with Crippen molar-refractivity contribution in [2.24, 2.45) is 0 Å². The van der Waals surface area contributed by atoms with Crippen LogP contribution in [0.15, 0.2) is 36.4 Å². The summed E-state index contributed by atoms with van der Waals surface area (Å²) >= 11 is 5.44. The maximum absolute atomic E-state index is 11.1. The predicted octanol–water partition coefficient (Wildman–Crippen LogP) is 3.13. The molecule has 1 N–H and O–H groups in total. The zero-order valence-corrected chi connectivity index (χ0v) is 10.2. The van der Waals surface area contributed by atoms with Gasteiger partial charge in [-0.1, -0.05) is 12.1 Å². The summed E-state index contributed by atoms with van der Waals surface area (Å²) in [6.45, 7) is 3.56. The lowest BCUT2D eigenvalue weighted by molar-refractivity contribution is -0.108. The van der Waals surface area contributed by atoms with Crippen LogP contribution >= 0.6 is 11.6 Å². The number of aromatic hydroxyl groups is 1. The summed E-state index contributed by atoms with van der Waals surface area (Å²) in [7, 11) is 1.46. The van der Waals surface area contributed by atoms with Gasteiger partial charge in [0, 0.05) is 5.57 Å². The number of benzene rings is 1. The number of carbonyl (C=O) groups is 1. The molecule has 1 rings (SSSR count). The minimum Gasteiger partial charge on any atom is -0.504 e. The quantitative estimate of drug-likeness (QED) is 0.498. The fourth-order valence-electron chi connectivity index (χ4n) is 1.34. The summed E-state index contributed by atoms with van der Waals surface area (Å²) in [5.41, 5.74) is 1.17. The SMILES string of the molecule is C=CC/C(=C\c1ccc(O)c(OC)c1)C(=O)Cl. The van der Waals surface area contributed by atoms with Gasteiger partial charge in [0.2, 0.25) is 5.24 Å². The van der Waals surface area contributed by atoms with Gasteiger partial charge in [0.1, 0.15) is 0 Å². The Labute approximate surface area is 105 Å². The van der Waals surface area contributed by atoms with Gasteiger partial charge in [0.15, 0.2) is 11.5 Å². The Bertz CT molecular complexity index is 464. The van der Waals surface area contributed by atoms with E-state index in [0.29, 0.717) is 17.7 Å². The molecular weight excluding hydrogens is 240 g/mol. The third-order valence-electron chi connectivity index (χ3n) is 2.16. The van der Waals surface area contributed by atoms with Crippen molar-refractivity contribution < 1.29 is 14.6 Å². The van der Waals surface area contributed by atoms with Gasteiger partial charge < -0.3 is 9.84 Å². The molecule has 0 atom stereocenters. The number of halogens is 1. The summed E-state index contributed by atoms with van der Waals surface area (Å²) in [5, 5.41) is 8.91. The van der Waals surface area contributed by atoms with Gasteiger partial charge in [0.05, 0.1) is 7.11 Å². The van der Waals surface area contributed by atoms with Gasteiger partial charge in [-0.05, 0) is 41.8 Å². The van der Waals surface area contributed by atoms with E-state index >= 15 is 0 Å². The molecule has 17 heavy (non-hydrogen) atoms. The smallest absolute Gasteiger partial charge is 0.248 e. The highest BCUT2D eigenvalue weighted by molar-refractivity contribution is 6.68. The number of phenols is 1. The predicted molar refractivity (Wildman–Crippen MR) is 68.3 cm³/mol. The zero-order chi connectivity index (χ0) is 12.8. The van der Waals surface area contributed by atoms with Crippen LogP contribution in [0.4, 0.5) is 0 Å². The van der Waals surface area contributed by atoms with Crippen LogP contribution in [0.5, 0.6) is 11.5 Å². The Hall–Kier alpha value is -1.74. The summed E-state index contributed by atoms with van der Waals surface area (Å²) in [6.07, 6.45) is 3.63. The molecule has 0 bridgehead atoms. The van der Waals surface area contributed by atoms with E-state index in [1.54, 1.807) is 24.3 Å². The molecule has 3 nitrogen and oxygen atoms in total. The van der Waals surface area contributed by atoms with Gasteiger partial charge in [-0.15, -0.1) is 6.58 Å². The molecule has 0 amide bonds. The van der Waals surface area contributed by atoms with Crippen molar-refractivity contribution in [2.45, 2.75) is 6.42 Å². The monoisotopic (exact) mass is 252 g/mol. The van der Waals surface area contributed by atoms with Gasteiger partial charge in [-0.3, -0.25) is 4.79 Å². The zero-order valence-electron chi connectivity index (χ0n) is 9.44. The first-order valence-corrected chi connectivity index (χ1v) is 5.34. The van der Waals surface area contributed by atoms with Crippen LogP contribution in [-0.2, 0) is 4.79 Å². The van der Waals surface area contributed by atoms with Crippen LogP contribution in [0.2, 0.25) is 0 Å². The van der Waals surface area contributed by atoms with Crippen LogP contribution in [-0.4, -0.2) is 17.5 Å². The maximum atomic E-state index is 11.1. The molecule has 90 valence electrons. The minimum atomic E-state index is -0.517. The van der Waals surface area contributed by atoms with Crippen molar-refractivity contribution in [3.63, 3.8) is 0 Å². The highest BCUT2D eigenvalue weighted by atomic mass is 35.5. The largest absolute Gasteiger partial charge is 0.504 e. The average molecular weight is 253 g/mol. The molecule has 0 unspecified atom stereocenters. The van der Waals surface area contributed by atoms with Crippen molar-refractivity contribution in [3.05, 3.63) is 42.0 Å². The van der Waals surface area contributed by atoms with Crippen molar-refractivity contribution in [1.29, 1.82) is 0 Å². The molecule has 0 radical (unpaired) electrons. The number of hydrogen-bond acceptors (Lipinski definition) is 3. The molecule has 0 aliphatic heterocycles. The second-order valence-electron chi connectivity index (χ2n) is 3.37. The first-order valence-electron chi connectivity index (χ1n) is 4.96. The van der Waals surface area contributed by atoms with E-state index in [1.165, 1.54) is 13.2 Å². The lowest BCUT2D eigenvalue weighted by Crippen LogP contribution is -1.92. The third-order valence-corrected chi connectivity index (χ3v) is 2.40. The Morgan fingerprint density at radius 3 is 2.82 bits per heavy atom. The molecule has 0 heterocycles. The van der Waals surface area contributed by atoms with Gasteiger partial charge >= 0.3 is 0 Å². The summed E-state index contributed by atoms with van der Waals surface area (Å²) in [5.74, 6) is 0.394. The lowest BCUT2D eigenvalue weighted by atomic mass is 10.1. The Morgan fingerprint density at radius 1 is 1.59 bits per heavy atom. The molecule has 0 saturated carbocycles. The number of rotatable bonds is 5. The molecule has 1 aromatic carbocycles. The van der Waals surface area contributed by atoms with E-state index in [1.807, 2.05) is 0 Å². The maximum Gasteiger partial charge on any atom is 0.248 e. The second-order valence-corrected chi connectivity index (χ2v) is 3.71. The standard InChI is InChI=1S/C13H13ClO3/c1-3-4-10(13(14)16)7-9-5-6-11(15)12(8-9)17-2/h3,5-8,15H,1,4H2,2H3/b10-7+. The van der Waals surface area contributed by atoms with Crippen molar-refractivity contribution in [2.75, 3.05) is 7.11 Å². The third kappa shape index (κ3) is 3.64. The number of phenolic OH excluding ortho intramolecular Hbond substituents is 1. The minimum absolute atomic E-state index is 0.0483. The molecule has 0 fully saturated rings. The van der Waals surface area contributed by atoms with Crippen molar-refractivity contribution in [1.82, 2.24) is 0 Å². The van der Waals surface area contributed by atoms with E-state index in [0.717, 1.165) is 5.56 Å². The van der Waals surface area contributed by atoms with Gasteiger partial charge in [-0.25, -0.2) is 0 Å². The van der Waals surface area contributed by atoms with Crippen molar-refractivity contribution >= 4 is 22.9 Å². The number of allylic oxidation sites excluding steroid dienone is 2. The van der Waals surface area contributed by atoms with E-state index in [-0.39, 0.29) is 5.75 Å². The Morgan fingerprint density at radius 2 is 2.29 bits per heavy atom. The Kier molecular flexibility index (Phi) is 4.79. The molecule has 4 heteroatoms. The van der Waals surface area contributed by atoms with Crippen LogP contribution in [0, 0.1) is 0 Å². The van der Waals surface area contributed by atoms with E-state index in [4.69, 9.17) is 16.3 Å². The Balaban J connectivity index is 3.10. The number of carbonyl (C=O) groups excluding carboxylic acids is 1. The summed E-state index contributed by atoms with van der Waals surface area (Å²) in [4.78, 5) is 11.1. The fraction of sp³-hybridized carbons (Fsp3) is 0.154. The first kappa shape index (κ1) is 13.3. The summed E-state index contributed by atoms with van der Waals surface area (Å²) < 4.78 is 4.97. The molecule has 1 aromatic rings. The topological polar surface area (TPSA) is 46.5 Å². The number of methoxy groups -OCH3 is 1. The highest BCUT2D eigenvalue weighted by Gasteiger charge is 2.06. The molecule has 0 aliphatic carbocycles. The molecule has 0 spiro atoms. The summed E-state index contributed by atoms with van der Waals surface area (Å²) in [6, 6.07) is 4.79. The number of hydrogen-bond donors (Lipinski definition) is 1. The normalized spacial score (nSPS) is 11.1. The van der Waals surface area contributed by atoms with E-state index in [2.05, 4.69) is 6.58 Å². The number of ether oxygens (including phenoxy) is 1. The van der Waals surface area contributed by atoms with Crippen LogP contribution in [0.1, 0.15) is 12.0 Å². The first-order chi connectivity index (χ1) is 8.08. The lowest BCUT2D eigenvalue weighted by Gasteiger charge is -2.05. The van der Waals surface area contributed by atoms with Crippen LogP contribution in [0.25, 0.3) is 6.08 Å². The van der Waals surface area contributed by atoms with Crippen LogP contribution < -0.4 is 4.74 Å². The molecule has 0 aliphatic rings. The second kappa shape index (κ2) is 6.11. The van der Waals surface area contributed by atoms with Gasteiger partial charge in [-0.2, -0.15) is 0 Å². The molecule has 0 aromatic heterocycles. The molecular formula is C13H13ClO3. The molecule has 0 saturated heterocycles. The van der Waals surface area contributed by atoms with E-state index in [9.17, 15) is 9.90 Å². The van der Waals surface area contributed by atoms with Crippen LogP contribution in [0.3, 0.4) is 0 Å². The highest BCUT2D eigenvalue weighted by Crippen LogP contribution is 2.27. The average Bonchev–Trinajstić information content (AvgIpc) is 2.30.